The normalized spacial score (nSPS) is 12.2. The van der Waals surface area contributed by atoms with Crippen LogP contribution in [0, 0.1) is 0 Å². The predicted octanol–water partition coefficient (Wildman–Crippen LogP) is -2.98. The third-order valence-electron chi connectivity index (χ3n) is 4.13. The molecule has 2 aromatic rings. The molecule has 0 bridgehead atoms. The average molecular weight is 338 g/mol. The van der Waals surface area contributed by atoms with E-state index in [1.807, 2.05) is 12.1 Å². The molecule has 3 rings (SSSR count). The lowest BCUT2D eigenvalue weighted by Crippen LogP contribution is -3.00. The lowest BCUT2D eigenvalue weighted by molar-refractivity contribution is -0.368. The van der Waals surface area contributed by atoms with E-state index in [9.17, 15) is 14.7 Å². The molecule has 23 heavy (non-hydrogen) atoms. The van der Waals surface area contributed by atoms with Gasteiger partial charge in [0, 0.05) is 18.5 Å². The summed E-state index contributed by atoms with van der Waals surface area (Å²) in [6, 6.07) is 5.53. The number of aryl methyl sites for hydroxylation is 2. The Morgan fingerprint density at radius 3 is 2.87 bits per heavy atom. The number of pyridine rings is 1. The first-order chi connectivity index (χ1) is 10.6. The van der Waals surface area contributed by atoms with Crippen LogP contribution in [0.2, 0.25) is 0 Å². The Balaban J connectivity index is 0.00000192. The van der Waals surface area contributed by atoms with Crippen LogP contribution in [0.4, 0.5) is 0 Å². The Kier molecular flexibility index (Phi) is 5.28. The lowest BCUT2D eigenvalue weighted by atomic mass is 10.1. The van der Waals surface area contributed by atoms with E-state index in [0.29, 0.717) is 18.5 Å². The van der Waals surface area contributed by atoms with Crippen LogP contribution in [0.5, 0.6) is 5.75 Å². The second kappa shape index (κ2) is 7.02. The number of carbonyl (C=O) groups is 1. The number of amides is 1. The van der Waals surface area contributed by atoms with Gasteiger partial charge in [0.05, 0.1) is 12.1 Å². The topological polar surface area (TPSA) is 99.0 Å². The number of aromatic hydroxyl groups is 1. The molecule has 1 aromatic carbocycles. The van der Waals surface area contributed by atoms with E-state index >= 15 is 0 Å². The van der Waals surface area contributed by atoms with Crippen molar-refractivity contribution < 1.29 is 28.0 Å². The zero-order valence-corrected chi connectivity index (χ0v) is 13.5. The number of unbranched alkanes of at least 4 members (excludes halogenated alkanes) is 1. The number of carbonyl (C=O) groups excluding carboxylic acids is 1. The van der Waals surface area contributed by atoms with Crippen molar-refractivity contribution in [3.05, 3.63) is 39.7 Å². The number of halogens is 1. The van der Waals surface area contributed by atoms with Gasteiger partial charge in [0.1, 0.15) is 11.3 Å². The minimum absolute atomic E-state index is 0. The van der Waals surface area contributed by atoms with Gasteiger partial charge in [0.2, 0.25) is 0 Å². The number of hydrogen-bond donors (Lipinski definition) is 3. The number of nitrogens with one attached hydrogen (secondary N) is 1. The minimum atomic E-state index is -0.505. The zero-order valence-electron chi connectivity index (χ0n) is 12.8. The molecule has 0 saturated carbocycles. The van der Waals surface area contributed by atoms with E-state index in [1.165, 1.54) is 0 Å². The van der Waals surface area contributed by atoms with Crippen molar-refractivity contribution in [1.82, 2.24) is 9.88 Å². The maximum Gasteiger partial charge on any atom is 0.267 e. The highest BCUT2D eigenvalue weighted by atomic mass is 35.5. The molecule has 5 N–H and O–H groups in total. The molecule has 0 aliphatic carbocycles. The largest absolute Gasteiger partial charge is 1.00 e. The minimum Gasteiger partial charge on any atom is -1.00 e. The molecule has 6 nitrogen and oxygen atoms in total. The van der Waals surface area contributed by atoms with Gasteiger partial charge in [0.25, 0.3) is 11.5 Å². The third-order valence-corrected chi connectivity index (χ3v) is 4.13. The van der Waals surface area contributed by atoms with Gasteiger partial charge in [-0.3, -0.25) is 9.59 Å². The van der Waals surface area contributed by atoms with Crippen molar-refractivity contribution in [2.45, 2.75) is 25.8 Å². The van der Waals surface area contributed by atoms with Gasteiger partial charge in [0.15, 0.2) is 0 Å². The smallest absolute Gasteiger partial charge is 0.267 e. The molecular formula is C16H20ClN3O3. The number of nitrogens with zero attached hydrogens (tertiary/aromatic N) is 1. The van der Waals surface area contributed by atoms with Gasteiger partial charge < -0.3 is 33.1 Å². The van der Waals surface area contributed by atoms with Crippen molar-refractivity contribution in [3.8, 4) is 5.75 Å². The van der Waals surface area contributed by atoms with Crippen LogP contribution in [0.3, 0.4) is 0 Å². The van der Waals surface area contributed by atoms with Crippen molar-refractivity contribution in [1.29, 1.82) is 0 Å². The highest BCUT2D eigenvalue weighted by Crippen LogP contribution is 2.31. The zero-order chi connectivity index (χ0) is 15.7. The fourth-order valence-electron chi connectivity index (χ4n) is 3.02. The van der Waals surface area contributed by atoms with E-state index in [1.54, 1.807) is 10.6 Å². The van der Waals surface area contributed by atoms with E-state index in [4.69, 9.17) is 0 Å². The molecular weight excluding hydrogens is 318 g/mol. The molecule has 1 amide bonds. The molecule has 0 spiro atoms. The summed E-state index contributed by atoms with van der Waals surface area (Å²) in [6.07, 6.45) is 2.47. The fraction of sp³-hybridized carbons (Fsp3) is 0.375. The summed E-state index contributed by atoms with van der Waals surface area (Å²) in [5.41, 5.74) is 4.96. The monoisotopic (exact) mass is 337 g/mol. The Morgan fingerprint density at radius 1 is 1.35 bits per heavy atom. The molecule has 0 radical (unpaired) electrons. The quantitative estimate of drug-likeness (QED) is 0.508. The number of benzene rings is 1. The van der Waals surface area contributed by atoms with Crippen LogP contribution in [0.1, 0.15) is 28.8 Å². The van der Waals surface area contributed by atoms with E-state index in [0.717, 1.165) is 36.9 Å². The van der Waals surface area contributed by atoms with E-state index in [-0.39, 0.29) is 23.7 Å². The summed E-state index contributed by atoms with van der Waals surface area (Å²) < 4.78 is 1.59. The summed E-state index contributed by atoms with van der Waals surface area (Å²) >= 11 is 0. The Hall–Kier alpha value is -2.05. The molecule has 0 atom stereocenters. The highest BCUT2D eigenvalue weighted by molar-refractivity contribution is 6.03. The Morgan fingerprint density at radius 2 is 2.13 bits per heavy atom. The number of hydrogen-bond acceptors (Lipinski definition) is 3. The number of para-hydroxylation sites is 1. The molecule has 124 valence electrons. The van der Waals surface area contributed by atoms with Crippen LogP contribution in [-0.4, -0.2) is 28.7 Å². The summed E-state index contributed by atoms with van der Waals surface area (Å²) in [6.45, 7) is 1.84. The summed E-state index contributed by atoms with van der Waals surface area (Å²) in [5, 5.41) is 13.7. The van der Waals surface area contributed by atoms with E-state index < -0.39 is 11.5 Å². The average Bonchev–Trinajstić information content (AvgIpc) is 2.95. The van der Waals surface area contributed by atoms with E-state index in [2.05, 4.69) is 11.1 Å². The van der Waals surface area contributed by atoms with Gasteiger partial charge in [-0.2, -0.15) is 0 Å². The summed E-state index contributed by atoms with van der Waals surface area (Å²) in [5.74, 6) is -0.718. The summed E-state index contributed by atoms with van der Waals surface area (Å²) in [4.78, 5) is 24.8. The lowest BCUT2D eigenvalue weighted by Gasteiger charge is -2.11. The van der Waals surface area contributed by atoms with Crippen LogP contribution in [0.25, 0.3) is 10.9 Å². The number of rotatable bonds is 5. The van der Waals surface area contributed by atoms with Gasteiger partial charge in [-0.05, 0) is 30.9 Å². The third kappa shape index (κ3) is 2.92. The van der Waals surface area contributed by atoms with Gasteiger partial charge in [-0.25, -0.2) is 0 Å². The molecule has 1 aliphatic heterocycles. The molecule has 0 unspecified atom stereocenters. The van der Waals surface area contributed by atoms with Crippen LogP contribution in [0.15, 0.2) is 23.0 Å². The number of aromatic nitrogens is 1. The second-order valence-electron chi connectivity index (χ2n) is 5.56. The van der Waals surface area contributed by atoms with Crippen LogP contribution < -0.4 is 29.0 Å². The van der Waals surface area contributed by atoms with Crippen molar-refractivity contribution >= 4 is 16.8 Å². The van der Waals surface area contributed by atoms with Crippen LogP contribution >= 0.6 is 0 Å². The van der Waals surface area contributed by atoms with Crippen molar-refractivity contribution in [2.75, 3.05) is 13.1 Å². The molecule has 1 aromatic heterocycles. The molecule has 0 fully saturated rings. The molecule has 7 heteroatoms. The molecule has 2 heterocycles. The number of quaternary nitrogens is 1. The van der Waals surface area contributed by atoms with Crippen molar-refractivity contribution in [2.24, 2.45) is 0 Å². The molecule has 1 aliphatic rings. The summed E-state index contributed by atoms with van der Waals surface area (Å²) in [7, 11) is 0. The first-order valence-electron chi connectivity index (χ1n) is 7.60. The maximum atomic E-state index is 12.5. The molecule has 0 saturated heterocycles. The van der Waals surface area contributed by atoms with Crippen LogP contribution in [-0.2, 0) is 13.0 Å². The fourth-order valence-corrected chi connectivity index (χ4v) is 3.02. The van der Waals surface area contributed by atoms with Gasteiger partial charge in [-0.15, -0.1) is 0 Å². The first-order valence-corrected chi connectivity index (χ1v) is 7.60. The Bertz CT molecular complexity index is 801. The van der Waals surface area contributed by atoms with Gasteiger partial charge in [-0.1, -0.05) is 12.1 Å². The first kappa shape index (κ1) is 17.3. The van der Waals surface area contributed by atoms with Gasteiger partial charge >= 0.3 is 0 Å². The Labute approximate surface area is 139 Å². The highest BCUT2D eigenvalue weighted by Gasteiger charge is 2.25. The maximum absolute atomic E-state index is 12.5. The predicted molar refractivity (Wildman–Crippen MR) is 82.9 cm³/mol. The SMILES string of the molecule is [Cl-].[NH3+]CCCCNC(=O)c1c(O)c2cccc3c2n(c1=O)CC3. The van der Waals surface area contributed by atoms with Crippen molar-refractivity contribution in [3.63, 3.8) is 0 Å². The second-order valence-corrected chi connectivity index (χ2v) is 5.56. The standard InChI is InChI=1S/C16H19N3O3.ClH/c17-7-1-2-8-18-15(21)12-14(20)11-5-3-4-10-6-9-19(13(10)11)16(12)22;/h3-5,20H,1-2,6-9,17H2,(H,18,21);1H.